The maximum absolute atomic E-state index is 12.8. The van der Waals surface area contributed by atoms with E-state index in [9.17, 15) is 13.2 Å². The molecule has 154 valence electrons. The van der Waals surface area contributed by atoms with E-state index in [-0.39, 0.29) is 30.0 Å². The minimum absolute atomic E-state index is 0. The molecule has 5 nitrogen and oxygen atoms in total. The number of alkyl halides is 3. The summed E-state index contributed by atoms with van der Waals surface area (Å²) >= 11 is 0. The Labute approximate surface area is 176 Å². The number of halogens is 4. The molecule has 1 aromatic rings. The van der Waals surface area contributed by atoms with Gasteiger partial charge in [-0.2, -0.15) is 13.2 Å². The van der Waals surface area contributed by atoms with Gasteiger partial charge in [0.25, 0.3) is 0 Å². The molecule has 0 bridgehead atoms. The molecule has 0 aliphatic carbocycles. The zero-order chi connectivity index (χ0) is 19.3. The summed E-state index contributed by atoms with van der Waals surface area (Å²) in [5, 5.41) is 0. The van der Waals surface area contributed by atoms with E-state index >= 15 is 0 Å². The first-order chi connectivity index (χ1) is 12.2. The molecule has 1 aromatic carbocycles. The molecule has 0 N–H and O–H groups in total. The highest BCUT2D eigenvalue weighted by Gasteiger charge is 2.31. The van der Waals surface area contributed by atoms with E-state index in [0.717, 1.165) is 36.7 Å². The molecule has 0 aromatic heterocycles. The lowest BCUT2D eigenvalue weighted by atomic mass is 10.0. The molecule has 0 spiro atoms. The lowest BCUT2D eigenvalue weighted by Gasteiger charge is -2.34. The summed E-state index contributed by atoms with van der Waals surface area (Å²) in [7, 11) is 7.67. The van der Waals surface area contributed by atoms with Crippen LogP contribution in [-0.4, -0.2) is 81.7 Å². The van der Waals surface area contributed by atoms with Gasteiger partial charge in [0.05, 0.1) is 31.4 Å². The number of ether oxygens (including phenoxy) is 1. The highest BCUT2D eigenvalue weighted by Crippen LogP contribution is 2.31. The second-order valence-corrected chi connectivity index (χ2v) is 6.71. The van der Waals surface area contributed by atoms with Crippen molar-refractivity contribution in [3.8, 4) is 0 Å². The molecule has 1 heterocycles. The summed E-state index contributed by atoms with van der Waals surface area (Å²) in [4.78, 5) is 10.8. The van der Waals surface area contributed by atoms with Crippen molar-refractivity contribution < 1.29 is 17.9 Å². The molecule has 27 heavy (non-hydrogen) atoms. The highest BCUT2D eigenvalue weighted by atomic mass is 127. The van der Waals surface area contributed by atoms with E-state index in [4.69, 9.17) is 9.73 Å². The molecule has 1 unspecified atom stereocenters. The first-order valence-electron chi connectivity index (χ1n) is 8.58. The zero-order valence-corrected chi connectivity index (χ0v) is 18.5. The molecular weight excluding hydrogens is 472 g/mol. The number of nitrogens with zero attached hydrogens (tertiary/aromatic N) is 4. The fraction of sp³-hybridized carbons (Fsp3) is 0.611. The Balaban J connectivity index is 0.00000364. The van der Waals surface area contributed by atoms with Crippen LogP contribution in [-0.2, 0) is 10.9 Å². The van der Waals surface area contributed by atoms with Gasteiger partial charge in [0.1, 0.15) is 0 Å². The average molecular weight is 500 g/mol. The van der Waals surface area contributed by atoms with Gasteiger partial charge >= 0.3 is 6.18 Å². The molecule has 1 atom stereocenters. The van der Waals surface area contributed by atoms with E-state index in [1.807, 2.05) is 38.0 Å². The molecule has 0 radical (unpaired) electrons. The maximum atomic E-state index is 12.8. The Morgan fingerprint density at radius 1 is 1.07 bits per heavy atom. The lowest BCUT2D eigenvalue weighted by Crippen LogP contribution is -2.41. The fourth-order valence-electron chi connectivity index (χ4n) is 3.07. The molecule has 9 heteroatoms. The Morgan fingerprint density at radius 3 is 2.04 bits per heavy atom. The van der Waals surface area contributed by atoms with Crippen molar-refractivity contribution in [2.45, 2.75) is 12.2 Å². The summed E-state index contributed by atoms with van der Waals surface area (Å²) < 4.78 is 44.0. The molecule has 1 fully saturated rings. The molecule has 1 saturated heterocycles. The Hall–Kier alpha value is -1.07. The fourth-order valence-corrected chi connectivity index (χ4v) is 3.07. The normalized spacial score (nSPS) is 16.3. The summed E-state index contributed by atoms with van der Waals surface area (Å²) in [5.41, 5.74) is 0.202. The lowest BCUT2D eigenvalue weighted by molar-refractivity contribution is -0.137. The number of morpholine rings is 1. The second-order valence-electron chi connectivity index (χ2n) is 6.71. The predicted molar refractivity (Wildman–Crippen MR) is 112 cm³/mol. The van der Waals surface area contributed by atoms with Crippen molar-refractivity contribution in [2.75, 3.05) is 61.0 Å². The number of hydrogen-bond acceptors (Lipinski definition) is 3. The molecule has 0 saturated carbocycles. The second kappa shape index (κ2) is 10.5. The number of rotatable bonds is 4. The third-order valence-corrected chi connectivity index (χ3v) is 4.31. The van der Waals surface area contributed by atoms with Crippen molar-refractivity contribution in [1.82, 2.24) is 14.7 Å². The van der Waals surface area contributed by atoms with Crippen molar-refractivity contribution in [3.63, 3.8) is 0 Å². The van der Waals surface area contributed by atoms with E-state index < -0.39 is 11.7 Å². The van der Waals surface area contributed by atoms with Gasteiger partial charge in [-0.25, -0.2) is 0 Å². The predicted octanol–water partition coefficient (Wildman–Crippen LogP) is 3.18. The van der Waals surface area contributed by atoms with Gasteiger partial charge in [-0.1, -0.05) is 12.1 Å². The van der Waals surface area contributed by atoms with Gasteiger partial charge in [0.2, 0.25) is 0 Å². The third-order valence-electron chi connectivity index (χ3n) is 4.31. The number of guanidine groups is 1. The van der Waals surface area contributed by atoms with E-state index in [1.54, 1.807) is 12.1 Å². The van der Waals surface area contributed by atoms with Crippen LogP contribution < -0.4 is 0 Å². The van der Waals surface area contributed by atoms with Crippen LogP contribution in [0.4, 0.5) is 13.2 Å². The van der Waals surface area contributed by atoms with Gasteiger partial charge in [0.15, 0.2) is 5.96 Å². The van der Waals surface area contributed by atoms with Gasteiger partial charge in [-0.05, 0) is 17.7 Å². The maximum Gasteiger partial charge on any atom is 0.416 e. The number of aliphatic imine (C=N–C) groups is 1. The third kappa shape index (κ3) is 6.79. The largest absolute Gasteiger partial charge is 0.416 e. The van der Waals surface area contributed by atoms with Crippen LogP contribution in [0.1, 0.15) is 17.2 Å². The smallest absolute Gasteiger partial charge is 0.379 e. The van der Waals surface area contributed by atoms with Gasteiger partial charge in [-0.3, -0.25) is 9.89 Å². The van der Waals surface area contributed by atoms with Gasteiger partial charge < -0.3 is 14.5 Å². The van der Waals surface area contributed by atoms with Crippen molar-refractivity contribution in [2.24, 2.45) is 4.99 Å². The highest BCUT2D eigenvalue weighted by molar-refractivity contribution is 14.0. The Kier molecular flexibility index (Phi) is 9.29. The summed E-state index contributed by atoms with van der Waals surface area (Å²) in [6, 6.07) is 5.32. The van der Waals surface area contributed by atoms with Crippen LogP contribution in [0.25, 0.3) is 0 Å². The monoisotopic (exact) mass is 500 g/mol. The summed E-state index contributed by atoms with van der Waals surface area (Å²) in [6.45, 7) is 3.18. The minimum Gasteiger partial charge on any atom is -0.379 e. The zero-order valence-electron chi connectivity index (χ0n) is 16.2. The van der Waals surface area contributed by atoms with E-state index in [1.165, 1.54) is 0 Å². The van der Waals surface area contributed by atoms with E-state index in [2.05, 4.69) is 4.90 Å². The van der Waals surface area contributed by atoms with Crippen LogP contribution >= 0.6 is 24.0 Å². The quantitative estimate of drug-likeness (QED) is 0.361. The Bertz CT molecular complexity index is 590. The van der Waals surface area contributed by atoms with Crippen molar-refractivity contribution in [3.05, 3.63) is 35.4 Å². The molecule has 2 rings (SSSR count). The van der Waals surface area contributed by atoms with Crippen LogP contribution in [0.5, 0.6) is 0 Å². The summed E-state index contributed by atoms with van der Waals surface area (Å²) in [6.07, 6.45) is -4.33. The molecule has 0 amide bonds. The molecule has 1 aliphatic rings. The minimum atomic E-state index is -4.33. The first kappa shape index (κ1) is 24.0. The Morgan fingerprint density at radius 2 is 1.59 bits per heavy atom. The van der Waals surface area contributed by atoms with Gasteiger partial charge in [-0.15, -0.1) is 24.0 Å². The van der Waals surface area contributed by atoms with Crippen LogP contribution in [0.3, 0.4) is 0 Å². The topological polar surface area (TPSA) is 31.3 Å². The van der Waals surface area contributed by atoms with Gasteiger partial charge in [0, 0.05) is 41.3 Å². The molecular formula is C18H28F3IN4O. The van der Waals surface area contributed by atoms with Crippen LogP contribution in [0.15, 0.2) is 29.3 Å². The molecule has 1 aliphatic heterocycles. The number of hydrogen-bond donors (Lipinski definition) is 0. The standard InChI is InChI=1S/C18H27F3N4O.HI/c1-23(2)17(24(3)4)22-13-16(25-9-11-26-12-10-25)14-5-7-15(8-6-14)18(19,20)21;/h5-8,16H,9-13H2,1-4H3;1H. The average Bonchev–Trinajstić information content (AvgIpc) is 2.58. The van der Waals surface area contributed by atoms with Crippen molar-refractivity contribution in [1.29, 1.82) is 0 Å². The SMILES string of the molecule is CN(C)C(=NCC(c1ccc(C(F)(F)F)cc1)N1CCOCC1)N(C)C.I. The van der Waals surface area contributed by atoms with Crippen molar-refractivity contribution >= 4 is 29.9 Å². The van der Waals surface area contributed by atoms with Crippen LogP contribution in [0.2, 0.25) is 0 Å². The van der Waals surface area contributed by atoms with E-state index in [0.29, 0.717) is 19.8 Å². The number of benzene rings is 1. The van der Waals surface area contributed by atoms with Crippen LogP contribution in [0, 0.1) is 0 Å². The summed E-state index contributed by atoms with van der Waals surface area (Å²) in [5.74, 6) is 0.815. The first-order valence-corrected chi connectivity index (χ1v) is 8.58.